The van der Waals surface area contributed by atoms with Crippen molar-refractivity contribution in [2.45, 2.75) is 57.5 Å². The van der Waals surface area contributed by atoms with Crippen LogP contribution in [0.4, 0.5) is 0 Å². The van der Waals surface area contributed by atoms with E-state index >= 15 is 0 Å². The van der Waals surface area contributed by atoms with E-state index in [-0.39, 0.29) is 0 Å². The van der Waals surface area contributed by atoms with Crippen molar-refractivity contribution >= 4 is 11.8 Å². The molecule has 18 heavy (non-hydrogen) atoms. The third-order valence-electron chi connectivity index (χ3n) is 2.96. The molecule has 0 aliphatic rings. The van der Waals surface area contributed by atoms with E-state index in [2.05, 4.69) is 43.2 Å². The Morgan fingerprint density at radius 3 is 2.67 bits per heavy atom. The summed E-state index contributed by atoms with van der Waals surface area (Å²) in [6.07, 6.45) is 7.08. The van der Waals surface area contributed by atoms with Gasteiger partial charge in [-0.05, 0) is 43.7 Å². The van der Waals surface area contributed by atoms with Gasteiger partial charge < -0.3 is 5.32 Å². The first kappa shape index (κ1) is 15.5. The van der Waals surface area contributed by atoms with Crippen LogP contribution in [0, 0.1) is 0 Å². The van der Waals surface area contributed by atoms with Crippen molar-refractivity contribution < 1.29 is 0 Å². The summed E-state index contributed by atoms with van der Waals surface area (Å²) in [5, 5.41) is 4.63. The second-order valence-electron chi connectivity index (χ2n) is 4.66. The number of hydrogen-bond acceptors (Lipinski definition) is 3. The van der Waals surface area contributed by atoms with Gasteiger partial charge >= 0.3 is 0 Å². The summed E-state index contributed by atoms with van der Waals surface area (Å²) in [5.41, 5.74) is 1.28. The third kappa shape index (κ3) is 5.87. The fraction of sp³-hybridized carbons (Fsp3) is 0.667. The molecule has 1 atom stereocenters. The van der Waals surface area contributed by atoms with E-state index in [4.69, 9.17) is 0 Å². The third-order valence-corrected chi connectivity index (χ3v) is 3.99. The number of nitrogens with one attached hydrogen (secondary N) is 1. The van der Waals surface area contributed by atoms with Crippen LogP contribution in [-0.2, 0) is 0 Å². The molecule has 0 saturated heterocycles. The highest BCUT2D eigenvalue weighted by Gasteiger charge is 2.04. The summed E-state index contributed by atoms with van der Waals surface area (Å²) in [5.74, 6) is 1.18. The highest BCUT2D eigenvalue weighted by atomic mass is 32.2. The molecular formula is C15H26N2S. The lowest BCUT2D eigenvalue weighted by atomic mass is 10.1. The van der Waals surface area contributed by atoms with Gasteiger partial charge in [-0.2, -0.15) is 0 Å². The average molecular weight is 266 g/mol. The zero-order valence-electron chi connectivity index (χ0n) is 11.9. The molecule has 1 aromatic rings. The number of rotatable bonds is 9. The predicted octanol–water partition coefficient (Wildman–Crippen LogP) is 4.42. The summed E-state index contributed by atoms with van der Waals surface area (Å²) in [6, 6.07) is 4.75. The minimum absolute atomic E-state index is 0.400. The zero-order chi connectivity index (χ0) is 13.2. The quantitative estimate of drug-likeness (QED) is 0.529. The molecule has 102 valence electrons. The van der Waals surface area contributed by atoms with Gasteiger partial charge in [-0.25, -0.2) is 4.98 Å². The maximum absolute atomic E-state index is 4.53. The number of pyridine rings is 1. The van der Waals surface area contributed by atoms with Gasteiger partial charge in [-0.1, -0.05) is 32.8 Å². The van der Waals surface area contributed by atoms with Crippen LogP contribution in [0.15, 0.2) is 23.4 Å². The molecule has 0 bridgehead atoms. The van der Waals surface area contributed by atoms with Crippen LogP contribution < -0.4 is 5.32 Å². The van der Waals surface area contributed by atoms with Gasteiger partial charge in [-0.3, -0.25) is 0 Å². The number of unbranched alkanes of at least 4 members (excludes halogenated alkanes) is 2. The molecule has 1 unspecified atom stereocenters. The van der Waals surface area contributed by atoms with Crippen LogP contribution in [-0.4, -0.2) is 17.3 Å². The van der Waals surface area contributed by atoms with Crippen LogP contribution in [0.3, 0.4) is 0 Å². The molecule has 2 nitrogen and oxygen atoms in total. The Kier molecular flexibility index (Phi) is 8.10. The van der Waals surface area contributed by atoms with Crippen molar-refractivity contribution in [3.63, 3.8) is 0 Å². The second kappa shape index (κ2) is 9.40. The van der Waals surface area contributed by atoms with Crippen molar-refractivity contribution in [2.24, 2.45) is 0 Å². The maximum Gasteiger partial charge on any atom is 0.0960 e. The lowest BCUT2D eigenvalue weighted by Crippen LogP contribution is -2.19. The van der Waals surface area contributed by atoms with Crippen LogP contribution in [0.5, 0.6) is 0 Å². The summed E-state index contributed by atoms with van der Waals surface area (Å²) in [7, 11) is 0. The van der Waals surface area contributed by atoms with Crippen molar-refractivity contribution in [1.82, 2.24) is 10.3 Å². The standard InChI is InChI=1S/C15H26N2S/c1-4-6-7-11-18-15-9-8-14(12-17-15)13(3)16-10-5-2/h8-9,12-13,16H,4-7,10-11H2,1-3H3. The highest BCUT2D eigenvalue weighted by Crippen LogP contribution is 2.19. The van der Waals surface area contributed by atoms with Crippen LogP contribution in [0.2, 0.25) is 0 Å². The normalized spacial score (nSPS) is 12.6. The molecule has 1 aromatic heterocycles. The first-order chi connectivity index (χ1) is 8.77. The van der Waals surface area contributed by atoms with Crippen molar-refractivity contribution in [3.8, 4) is 0 Å². The SMILES string of the molecule is CCCCCSc1ccc(C(C)NCCC)cn1. The first-order valence-electron chi connectivity index (χ1n) is 7.10. The molecule has 0 radical (unpaired) electrons. The second-order valence-corrected chi connectivity index (χ2v) is 5.78. The number of thioether (sulfide) groups is 1. The topological polar surface area (TPSA) is 24.9 Å². The van der Waals surface area contributed by atoms with Gasteiger partial charge in [0.15, 0.2) is 0 Å². The molecule has 0 spiro atoms. The van der Waals surface area contributed by atoms with E-state index in [1.165, 1.54) is 37.0 Å². The van der Waals surface area contributed by atoms with Gasteiger partial charge in [0, 0.05) is 12.2 Å². The average Bonchev–Trinajstić information content (AvgIpc) is 2.41. The van der Waals surface area contributed by atoms with Gasteiger partial charge in [0.2, 0.25) is 0 Å². The van der Waals surface area contributed by atoms with Crippen molar-refractivity contribution in [2.75, 3.05) is 12.3 Å². The van der Waals surface area contributed by atoms with Gasteiger partial charge in [0.1, 0.15) is 0 Å². The van der Waals surface area contributed by atoms with Crippen LogP contribution >= 0.6 is 11.8 Å². The Balaban J connectivity index is 2.37. The molecule has 3 heteroatoms. The molecule has 1 N–H and O–H groups in total. The molecule has 1 rings (SSSR count). The number of nitrogens with zero attached hydrogens (tertiary/aromatic N) is 1. The van der Waals surface area contributed by atoms with E-state index in [0.29, 0.717) is 6.04 Å². The van der Waals surface area contributed by atoms with Gasteiger partial charge in [0.25, 0.3) is 0 Å². The lowest BCUT2D eigenvalue weighted by Gasteiger charge is -2.13. The smallest absolute Gasteiger partial charge is 0.0960 e. The Morgan fingerprint density at radius 1 is 1.22 bits per heavy atom. The molecular weight excluding hydrogens is 240 g/mol. The van der Waals surface area contributed by atoms with Crippen LogP contribution in [0.25, 0.3) is 0 Å². The Bertz CT molecular complexity index is 311. The van der Waals surface area contributed by atoms with Gasteiger partial charge in [0.05, 0.1) is 5.03 Å². The zero-order valence-corrected chi connectivity index (χ0v) is 12.7. The fourth-order valence-corrected chi connectivity index (χ4v) is 2.59. The van der Waals surface area contributed by atoms with Gasteiger partial charge in [-0.15, -0.1) is 11.8 Å². The molecule has 0 saturated carbocycles. The van der Waals surface area contributed by atoms with Crippen molar-refractivity contribution in [1.29, 1.82) is 0 Å². The predicted molar refractivity (Wildman–Crippen MR) is 81.2 cm³/mol. The molecule has 1 heterocycles. The Morgan fingerprint density at radius 2 is 2.06 bits per heavy atom. The summed E-state index contributed by atoms with van der Waals surface area (Å²) in [6.45, 7) is 7.69. The van der Waals surface area contributed by atoms with Crippen LogP contribution in [0.1, 0.15) is 58.1 Å². The molecule has 0 aliphatic heterocycles. The highest BCUT2D eigenvalue weighted by molar-refractivity contribution is 7.99. The van der Waals surface area contributed by atoms with E-state index in [0.717, 1.165) is 11.6 Å². The van der Waals surface area contributed by atoms with Crippen molar-refractivity contribution in [3.05, 3.63) is 23.9 Å². The fourth-order valence-electron chi connectivity index (χ4n) is 1.74. The Hall–Kier alpha value is -0.540. The first-order valence-corrected chi connectivity index (χ1v) is 8.08. The maximum atomic E-state index is 4.53. The monoisotopic (exact) mass is 266 g/mol. The van der Waals surface area contributed by atoms with E-state index in [1.54, 1.807) is 0 Å². The summed E-state index contributed by atoms with van der Waals surface area (Å²) in [4.78, 5) is 4.53. The van der Waals surface area contributed by atoms with E-state index < -0.39 is 0 Å². The summed E-state index contributed by atoms with van der Waals surface area (Å²) < 4.78 is 0. The molecule has 0 amide bonds. The minimum atomic E-state index is 0.400. The molecule has 0 fully saturated rings. The lowest BCUT2D eigenvalue weighted by molar-refractivity contribution is 0.568. The Labute approximate surface area is 116 Å². The number of hydrogen-bond donors (Lipinski definition) is 1. The minimum Gasteiger partial charge on any atom is -0.310 e. The number of aromatic nitrogens is 1. The molecule has 0 aromatic carbocycles. The largest absolute Gasteiger partial charge is 0.310 e. The van der Waals surface area contributed by atoms with E-state index in [9.17, 15) is 0 Å². The molecule has 0 aliphatic carbocycles. The summed E-state index contributed by atoms with van der Waals surface area (Å²) >= 11 is 1.87. The van der Waals surface area contributed by atoms with E-state index in [1.807, 2.05) is 18.0 Å².